The SMILES string of the molecule is CC1(C)OB(c2cnc(N)cc2CCC#N)OC1(C)C. The topological polar surface area (TPSA) is 81.2 Å². The molecule has 5 nitrogen and oxygen atoms in total. The summed E-state index contributed by atoms with van der Waals surface area (Å²) in [5, 5.41) is 8.76. The van der Waals surface area contributed by atoms with E-state index in [0.29, 0.717) is 18.7 Å². The van der Waals surface area contributed by atoms with Crippen molar-refractivity contribution in [1.29, 1.82) is 5.26 Å². The van der Waals surface area contributed by atoms with Crippen molar-refractivity contribution in [3.8, 4) is 6.07 Å². The molecule has 106 valence electrons. The average Bonchev–Trinajstić information content (AvgIpc) is 2.55. The Labute approximate surface area is 120 Å². The Morgan fingerprint density at radius 1 is 1.30 bits per heavy atom. The lowest BCUT2D eigenvalue weighted by atomic mass is 9.76. The van der Waals surface area contributed by atoms with Crippen molar-refractivity contribution >= 4 is 18.4 Å². The van der Waals surface area contributed by atoms with E-state index in [9.17, 15) is 0 Å². The van der Waals surface area contributed by atoms with Crippen molar-refractivity contribution in [2.75, 3.05) is 5.73 Å². The average molecular weight is 273 g/mol. The molecule has 1 aliphatic heterocycles. The Morgan fingerprint density at radius 2 is 1.90 bits per heavy atom. The number of hydrogen-bond donors (Lipinski definition) is 1. The number of nitriles is 1. The summed E-state index contributed by atoms with van der Waals surface area (Å²) in [6.45, 7) is 8.03. The van der Waals surface area contributed by atoms with Crippen LogP contribution >= 0.6 is 0 Å². The highest BCUT2D eigenvalue weighted by Crippen LogP contribution is 2.36. The van der Waals surface area contributed by atoms with E-state index < -0.39 is 18.3 Å². The molecule has 20 heavy (non-hydrogen) atoms. The van der Waals surface area contributed by atoms with Gasteiger partial charge in [-0.15, -0.1) is 0 Å². The second kappa shape index (κ2) is 5.08. The molecule has 0 bridgehead atoms. The van der Waals surface area contributed by atoms with Gasteiger partial charge >= 0.3 is 7.12 Å². The second-order valence-corrected chi connectivity index (χ2v) is 6.05. The van der Waals surface area contributed by atoms with Crippen LogP contribution in [0.15, 0.2) is 12.3 Å². The number of nitrogens with two attached hydrogens (primary N) is 1. The molecule has 1 aliphatic rings. The third kappa shape index (κ3) is 2.65. The van der Waals surface area contributed by atoms with Gasteiger partial charge in [-0.2, -0.15) is 5.26 Å². The fourth-order valence-corrected chi connectivity index (χ4v) is 2.12. The van der Waals surface area contributed by atoms with Gasteiger partial charge in [0.15, 0.2) is 0 Å². The van der Waals surface area contributed by atoms with E-state index in [1.807, 2.05) is 27.7 Å². The van der Waals surface area contributed by atoms with Crippen LogP contribution in [-0.4, -0.2) is 23.3 Å². The molecule has 0 radical (unpaired) electrons. The summed E-state index contributed by atoms with van der Waals surface area (Å²) in [4.78, 5) is 4.12. The molecule has 6 heteroatoms. The third-order valence-corrected chi connectivity index (χ3v) is 4.06. The number of pyridine rings is 1. The zero-order valence-corrected chi connectivity index (χ0v) is 12.4. The summed E-state index contributed by atoms with van der Waals surface area (Å²) < 4.78 is 12.0. The second-order valence-electron chi connectivity index (χ2n) is 6.05. The smallest absolute Gasteiger partial charge is 0.399 e. The van der Waals surface area contributed by atoms with E-state index in [2.05, 4.69) is 11.1 Å². The Morgan fingerprint density at radius 3 is 2.45 bits per heavy atom. The fraction of sp³-hybridized carbons (Fsp3) is 0.571. The minimum Gasteiger partial charge on any atom is -0.399 e. The maximum atomic E-state index is 8.76. The van der Waals surface area contributed by atoms with Crippen molar-refractivity contribution in [3.05, 3.63) is 17.8 Å². The standard InChI is InChI=1S/C14H20BN3O2/c1-13(2)14(3,4)20-15(19-13)11-9-18-12(17)8-10(11)6-5-7-16/h8-9H,5-6H2,1-4H3,(H2,17,18). The van der Waals surface area contributed by atoms with Crippen LogP contribution in [0.25, 0.3) is 0 Å². The largest absolute Gasteiger partial charge is 0.496 e. The minimum absolute atomic E-state index is 0.397. The molecule has 2 heterocycles. The summed E-state index contributed by atoms with van der Waals surface area (Å²) in [7, 11) is -0.471. The van der Waals surface area contributed by atoms with Crippen LogP contribution in [-0.2, 0) is 15.7 Å². The maximum Gasteiger partial charge on any atom is 0.496 e. The molecule has 0 saturated carbocycles. The minimum atomic E-state index is -0.471. The fourth-order valence-electron chi connectivity index (χ4n) is 2.12. The normalized spacial score (nSPS) is 19.9. The number of aromatic nitrogens is 1. The molecule has 2 N–H and O–H groups in total. The van der Waals surface area contributed by atoms with Crippen LogP contribution in [0.5, 0.6) is 0 Å². The summed E-state index contributed by atoms with van der Waals surface area (Å²) in [6, 6.07) is 3.93. The van der Waals surface area contributed by atoms with E-state index in [4.69, 9.17) is 20.3 Å². The Hall–Kier alpha value is -1.58. The first-order valence-corrected chi connectivity index (χ1v) is 6.74. The van der Waals surface area contributed by atoms with Crippen molar-refractivity contribution in [2.45, 2.75) is 51.7 Å². The molecule has 0 atom stereocenters. The number of nitrogen functional groups attached to an aromatic ring is 1. The summed E-state index contributed by atoms with van der Waals surface area (Å²) >= 11 is 0. The summed E-state index contributed by atoms with van der Waals surface area (Å²) in [5.74, 6) is 0.443. The lowest BCUT2D eigenvalue weighted by Gasteiger charge is -2.32. The van der Waals surface area contributed by atoms with Crippen LogP contribution < -0.4 is 11.2 Å². The van der Waals surface area contributed by atoms with E-state index in [-0.39, 0.29) is 0 Å². The summed E-state index contributed by atoms with van der Waals surface area (Å²) in [6.07, 6.45) is 2.72. The first-order chi connectivity index (χ1) is 9.27. The maximum absolute atomic E-state index is 8.76. The molecule has 0 spiro atoms. The van der Waals surface area contributed by atoms with Gasteiger partial charge in [-0.25, -0.2) is 4.98 Å². The van der Waals surface area contributed by atoms with Crippen molar-refractivity contribution in [2.24, 2.45) is 0 Å². The van der Waals surface area contributed by atoms with Gasteiger partial charge in [-0.3, -0.25) is 0 Å². The van der Waals surface area contributed by atoms with Gasteiger partial charge in [0.1, 0.15) is 5.82 Å². The number of aryl methyl sites for hydroxylation is 1. The van der Waals surface area contributed by atoms with E-state index >= 15 is 0 Å². The molecule has 1 fully saturated rings. The lowest BCUT2D eigenvalue weighted by Crippen LogP contribution is -2.41. The molecule has 0 unspecified atom stereocenters. The van der Waals surface area contributed by atoms with Crippen LogP contribution in [0.4, 0.5) is 5.82 Å². The zero-order valence-electron chi connectivity index (χ0n) is 12.4. The van der Waals surface area contributed by atoms with Crippen molar-refractivity contribution in [1.82, 2.24) is 4.98 Å². The van der Waals surface area contributed by atoms with Gasteiger partial charge in [0, 0.05) is 18.1 Å². The Kier molecular flexibility index (Phi) is 3.76. The molecular formula is C14H20BN3O2. The van der Waals surface area contributed by atoms with Crippen LogP contribution in [0.1, 0.15) is 39.7 Å². The number of rotatable bonds is 3. The predicted molar refractivity (Wildman–Crippen MR) is 78.3 cm³/mol. The Bertz CT molecular complexity index is 536. The number of nitrogens with zero attached hydrogens (tertiary/aromatic N) is 2. The predicted octanol–water partition coefficient (Wildman–Crippen LogP) is 1.42. The van der Waals surface area contributed by atoms with Gasteiger partial charge in [0.25, 0.3) is 0 Å². The van der Waals surface area contributed by atoms with Crippen LogP contribution in [0.3, 0.4) is 0 Å². The van der Waals surface area contributed by atoms with E-state index in [1.165, 1.54) is 0 Å². The van der Waals surface area contributed by atoms with Gasteiger partial charge in [-0.05, 0) is 45.7 Å². The zero-order chi connectivity index (χ0) is 15.0. The third-order valence-electron chi connectivity index (χ3n) is 4.06. The molecule has 1 aromatic heterocycles. The quantitative estimate of drug-likeness (QED) is 0.842. The van der Waals surface area contributed by atoms with Crippen LogP contribution in [0.2, 0.25) is 0 Å². The van der Waals surface area contributed by atoms with Crippen molar-refractivity contribution < 1.29 is 9.31 Å². The number of anilines is 1. The summed E-state index contributed by atoms with van der Waals surface area (Å²) in [5.41, 5.74) is 6.75. The van der Waals surface area contributed by atoms with Gasteiger partial charge < -0.3 is 15.0 Å². The molecular weight excluding hydrogens is 253 g/mol. The highest BCUT2D eigenvalue weighted by Gasteiger charge is 2.52. The monoisotopic (exact) mass is 273 g/mol. The molecule has 2 rings (SSSR count). The first-order valence-electron chi connectivity index (χ1n) is 6.74. The molecule has 0 amide bonds. The lowest BCUT2D eigenvalue weighted by molar-refractivity contribution is 0.00578. The first kappa shape index (κ1) is 14.8. The van der Waals surface area contributed by atoms with Gasteiger partial charge in [0.2, 0.25) is 0 Å². The van der Waals surface area contributed by atoms with E-state index in [1.54, 1.807) is 12.3 Å². The molecule has 0 aromatic carbocycles. The van der Waals surface area contributed by atoms with Crippen LogP contribution in [0, 0.1) is 11.3 Å². The number of hydrogen-bond acceptors (Lipinski definition) is 5. The molecule has 1 aromatic rings. The highest BCUT2D eigenvalue weighted by molar-refractivity contribution is 6.62. The van der Waals surface area contributed by atoms with Crippen molar-refractivity contribution in [3.63, 3.8) is 0 Å². The van der Waals surface area contributed by atoms with Gasteiger partial charge in [-0.1, -0.05) is 0 Å². The molecule has 0 aliphatic carbocycles. The molecule has 1 saturated heterocycles. The van der Waals surface area contributed by atoms with E-state index in [0.717, 1.165) is 11.0 Å². The highest BCUT2D eigenvalue weighted by atomic mass is 16.7. The van der Waals surface area contributed by atoms with Gasteiger partial charge in [0.05, 0.1) is 17.3 Å². The Balaban J connectivity index is 2.32.